The number of rotatable bonds is 4. The Labute approximate surface area is 127 Å². The maximum atomic E-state index is 12.4. The van der Waals surface area contributed by atoms with Crippen molar-refractivity contribution in [3.8, 4) is 0 Å². The number of hydrogen-bond donors (Lipinski definition) is 3. The van der Waals surface area contributed by atoms with Crippen LogP contribution >= 0.6 is 0 Å². The number of aliphatic hydroxyl groups is 1. The third-order valence-corrected chi connectivity index (χ3v) is 2.75. The Bertz CT molecular complexity index is 631. The number of carbonyl (C=O) groups excluding carboxylic acids is 2. The van der Waals surface area contributed by atoms with Crippen LogP contribution in [0, 0.1) is 10.1 Å². The van der Waals surface area contributed by atoms with E-state index in [4.69, 9.17) is 5.11 Å². The molecule has 0 bridgehead atoms. The van der Waals surface area contributed by atoms with E-state index in [-0.39, 0.29) is 11.3 Å². The summed E-state index contributed by atoms with van der Waals surface area (Å²) in [6.45, 7) is 0.412. The molecule has 0 spiro atoms. The van der Waals surface area contributed by atoms with Crippen LogP contribution in [0.1, 0.15) is 23.7 Å². The van der Waals surface area contributed by atoms with Crippen LogP contribution in [0.5, 0.6) is 0 Å². The minimum Gasteiger partial charge on any atom is -0.380 e. The van der Waals surface area contributed by atoms with Crippen molar-refractivity contribution in [1.29, 1.82) is 0 Å². The van der Waals surface area contributed by atoms with Crippen molar-refractivity contribution in [2.75, 3.05) is 0 Å². The predicted octanol–water partition coefficient (Wildman–Crippen LogP) is 1.06. The highest BCUT2D eigenvalue weighted by Crippen LogP contribution is 2.32. The molecule has 1 rings (SSSR count). The number of amides is 2. The summed E-state index contributed by atoms with van der Waals surface area (Å²) in [6, 6.07) is 4.49. The summed E-state index contributed by atoms with van der Waals surface area (Å²) in [6.07, 6.45) is -6.35. The number of halogens is 3. The molecule has 0 aromatic heterocycles. The molecule has 23 heavy (non-hydrogen) atoms. The van der Waals surface area contributed by atoms with Gasteiger partial charge in [-0.3, -0.25) is 30.6 Å². The number of hydrogen-bond acceptors (Lipinski definition) is 5. The fraction of sp³-hybridized carbons (Fsp3) is 0.333. The van der Waals surface area contributed by atoms with Gasteiger partial charge in [0.25, 0.3) is 11.6 Å². The minimum atomic E-state index is -5.02. The van der Waals surface area contributed by atoms with Crippen LogP contribution in [-0.2, 0) is 4.79 Å². The van der Waals surface area contributed by atoms with Crippen molar-refractivity contribution in [1.82, 2.24) is 10.9 Å². The Balaban J connectivity index is 2.65. The van der Waals surface area contributed by atoms with Crippen molar-refractivity contribution in [3.63, 3.8) is 0 Å². The van der Waals surface area contributed by atoms with E-state index in [0.29, 0.717) is 6.92 Å². The van der Waals surface area contributed by atoms with Crippen LogP contribution < -0.4 is 10.9 Å². The summed E-state index contributed by atoms with van der Waals surface area (Å²) < 4.78 is 37.2. The van der Waals surface area contributed by atoms with Gasteiger partial charge in [-0.1, -0.05) is 6.07 Å². The van der Waals surface area contributed by atoms with Crippen molar-refractivity contribution in [2.24, 2.45) is 0 Å². The average Bonchev–Trinajstić information content (AvgIpc) is 2.43. The van der Waals surface area contributed by atoms with Gasteiger partial charge in [-0.05, 0) is 13.0 Å². The Morgan fingerprint density at radius 1 is 1.30 bits per heavy atom. The molecule has 1 aromatic carbocycles. The first kappa shape index (κ1) is 18.4. The molecule has 0 aliphatic carbocycles. The molecule has 126 valence electrons. The van der Waals surface area contributed by atoms with Crippen LogP contribution in [0.15, 0.2) is 24.3 Å². The van der Waals surface area contributed by atoms with Gasteiger partial charge in [0.2, 0.25) is 5.91 Å². The Hall–Kier alpha value is -2.69. The quantitative estimate of drug-likeness (QED) is 0.561. The van der Waals surface area contributed by atoms with Crippen LogP contribution in [0.3, 0.4) is 0 Å². The molecule has 0 saturated heterocycles. The zero-order valence-corrected chi connectivity index (χ0v) is 11.7. The SMILES string of the molecule is C[C@@](O)(CC(=O)NNC(=O)c1cccc([N+](=O)[O-])c1)C(F)(F)F. The fourth-order valence-electron chi connectivity index (χ4n) is 1.42. The van der Waals surface area contributed by atoms with Gasteiger partial charge in [-0.15, -0.1) is 0 Å². The van der Waals surface area contributed by atoms with E-state index >= 15 is 0 Å². The third-order valence-electron chi connectivity index (χ3n) is 2.75. The van der Waals surface area contributed by atoms with Gasteiger partial charge in [0.05, 0.1) is 11.3 Å². The van der Waals surface area contributed by atoms with Crippen molar-refractivity contribution < 1.29 is 32.8 Å². The maximum Gasteiger partial charge on any atom is 0.417 e. The van der Waals surface area contributed by atoms with E-state index in [1.165, 1.54) is 12.1 Å². The van der Waals surface area contributed by atoms with Crippen LogP contribution in [0.2, 0.25) is 0 Å². The second kappa shape index (κ2) is 6.60. The Morgan fingerprint density at radius 2 is 1.91 bits per heavy atom. The van der Waals surface area contributed by atoms with E-state index < -0.39 is 34.9 Å². The first-order valence-corrected chi connectivity index (χ1v) is 6.07. The molecule has 0 heterocycles. The highest BCUT2D eigenvalue weighted by molar-refractivity contribution is 5.95. The lowest BCUT2D eigenvalue weighted by molar-refractivity contribution is -0.384. The average molecular weight is 335 g/mol. The molecule has 0 unspecified atom stereocenters. The highest BCUT2D eigenvalue weighted by atomic mass is 19.4. The number of nitrogens with zero attached hydrogens (tertiary/aromatic N) is 1. The minimum absolute atomic E-state index is 0.179. The van der Waals surface area contributed by atoms with E-state index in [1.54, 1.807) is 10.9 Å². The number of nitro groups is 1. The van der Waals surface area contributed by atoms with Gasteiger partial charge in [0.15, 0.2) is 5.60 Å². The van der Waals surface area contributed by atoms with Gasteiger partial charge in [-0.2, -0.15) is 13.2 Å². The molecular formula is C12H12F3N3O5. The molecule has 11 heteroatoms. The van der Waals surface area contributed by atoms with E-state index in [2.05, 4.69) is 0 Å². The third kappa shape index (κ3) is 4.92. The molecule has 0 saturated carbocycles. The highest BCUT2D eigenvalue weighted by Gasteiger charge is 2.51. The van der Waals surface area contributed by atoms with Gasteiger partial charge in [0.1, 0.15) is 0 Å². The normalized spacial score (nSPS) is 13.8. The second-order valence-electron chi connectivity index (χ2n) is 4.76. The van der Waals surface area contributed by atoms with Crippen molar-refractivity contribution in [2.45, 2.75) is 25.1 Å². The fourth-order valence-corrected chi connectivity index (χ4v) is 1.42. The lowest BCUT2D eigenvalue weighted by Gasteiger charge is -2.25. The standard InChI is InChI=1S/C12H12F3N3O5/c1-11(21,12(13,14)15)6-9(19)16-17-10(20)7-3-2-4-8(5-7)18(22)23/h2-5,21H,6H2,1H3,(H,16,19)(H,17,20)/t11-/m1/s1. The largest absolute Gasteiger partial charge is 0.417 e. The summed E-state index contributed by atoms with van der Waals surface area (Å²) >= 11 is 0. The number of hydrazine groups is 1. The molecule has 1 aromatic rings. The lowest BCUT2D eigenvalue weighted by atomic mass is 10.0. The van der Waals surface area contributed by atoms with Gasteiger partial charge in [0, 0.05) is 17.7 Å². The first-order chi connectivity index (χ1) is 10.4. The molecular weight excluding hydrogens is 323 g/mol. The number of nitrogens with one attached hydrogen (secondary N) is 2. The zero-order chi connectivity index (χ0) is 17.8. The van der Waals surface area contributed by atoms with Crippen LogP contribution in [0.25, 0.3) is 0 Å². The number of non-ortho nitro benzene ring substituents is 1. The van der Waals surface area contributed by atoms with Crippen LogP contribution in [-0.4, -0.2) is 33.6 Å². The molecule has 8 nitrogen and oxygen atoms in total. The summed E-state index contributed by atoms with van der Waals surface area (Å²) in [7, 11) is 0. The monoisotopic (exact) mass is 335 g/mol. The molecule has 0 aliphatic rings. The number of carbonyl (C=O) groups is 2. The summed E-state index contributed by atoms with van der Waals surface area (Å²) in [5.74, 6) is -2.25. The first-order valence-electron chi connectivity index (χ1n) is 6.07. The van der Waals surface area contributed by atoms with Gasteiger partial charge in [-0.25, -0.2) is 0 Å². The van der Waals surface area contributed by atoms with Crippen molar-refractivity contribution >= 4 is 17.5 Å². The topological polar surface area (TPSA) is 122 Å². The number of alkyl halides is 3. The molecule has 1 atom stereocenters. The molecule has 0 radical (unpaired) electrons. The maximum absolute atomic E-state index is 12.4. The smallest absolute Gasteiger partial charge is 0.380 e. The Morgan fingerprint density at radius 3 is 2.43 bits per heavy atom. The van der Waals surface area contributed by atoms with E-state index in [1.807, 2.05) is 0 Å². The summed E-state index contributed by atoms with van der Waals surface area (Å²) in [5, 5.41) is 19.7. The van der Waals surface area contributed by atoms with Gasteiger partial charge >= 0.3 is 6.18 Å². The zero-order valence-electron chi connectivity index (χ0n) is 11.7. The molecule has 3 N–H and O–H groups in total. The van der Waals surface area contributed by atoms with Crippen LogP contribution in [0.4, 0.5) is 18.9 Å². The molecule has 0 aliphatic heterocycles. The molecule has 0 fully saturated rings. The predicted molar refractivity (Wildman–Crippen MR) is 70.0 cm³/mol. The number of nitro benzene ring substituents is 1. The van der Waals surface area contributed by atoms with E-state index in [9.17, 15) is 32.9 Å². The number of benzene rings is 1. The summed E-state index contributed by atoms with van der Waals surface area (Å²) in [5.41, 5.74) is -0.318. The second-order valence-corrected chi connectivity index (χ2v) is 4.76. The van der Waals surface area contributed by atoms with E-state index in [0.717, 1.165) is 12.1 Å². The molecule has 2 amide bonds. The lowest BCUT2D eigenvalue weighted by Crippen LogP contribution is -2.49. The Kier molecular flexibility index (Phi) is 5.27. The van der Waals surface area contributed by atoms with Gasteiger partial charge < -0.3 is 5.11 Å². The van der Waals surface area contributed by atoms with Crippen molar-refractivity contribution in [3.05, 3.63) is 39.9 Å². The summed E-state index contributed by atoms with van der Waals surface area (Å²) in [4.78, 5) is 32.8.